The number of nitriles is 1. The van der Waals surface area contributed by atoms with Crippen LogP contribution in [0.3, 0.4) is 0 Å². The second kappa shape index (κ2) is 9.14. The maximum atomic E-state index is 12.6. The van der Waals surface area contributed by atoms with Crippen molar-refractivity contribution in [2.45, 2.75) is 25.6 Å². The van der Waals surface area contributed by atoms with Crippen molar-refractivity contribution in [3.8, 4) is 6.07 Å². The van der Waals surface area contributed by atoms with E-state index in [0.717, 1.165) is 0 Å². The van der Waals surface area contributed by atoms with Crippen LogP contribution in [0.4, 0.5) is 0 Å². The average molecular weight is 404 g/mol. The minimum Gasteiger partial charge on any atom is -0.361 e. The van der Waals surface area contributed by atoms with Gasteiger partial charge in [0.25, 0.3) is 5.91 Å². The third kappa shape index (κ3) is 5.65. The van der Waals surface area contributed by atoms with Gasteiger partial charge in [-0.25, -0.2) is 8.42 Å². The van der Waals surface area contributed by atoms with Crippen LogP contribution in [-0.2, 0) is 20.4 Å². The van der Waals surface area contributed by atoms with Crippen LogP contribution in [0.2, 0.25) is 0 Å². The summed E-state index contributed by atoms with van der Waals surface area (Å²) in [4.78, 5) is 24.7. The summed E-state index contributed by atoms with van der Waals surface area (Å²) in [5.41, 5.74) is 1.15. The van der Waals surface area contributed by atoms with Crippen molar-refractivity contribution >= 4 is 21.7 Å². The van der Waals surface area contributed by atoms with Gasteiger partial charge in [-0.2, -0.15) is 5.26 Å². The van der Waals surface area contributed by atoms with Crippen molar-refractivity contribution in [3.05, 3.63) is 52.9 Å². The molecule has 1 atom stereocenters. The number of rotatable bonds is 8. The molecule has 1 heterocycles. The van der Waals surface area contributed by atoms with Gasteiger partial charge in [-0.1, -0.05) is 23.4 Å². The lowest BCUT2D eigenvalue weighted by Gasteiger charge is -2.18. The van der Waals surface area contributed by atoms with Crippen LogP contribution >= 0.6 is 0 Å². The lowest BCUT2D eigenvalue weighted by Crippen LogP contribution is -2.50. The first-order valence-corrected chi connectivity index (χ1v) is 10.2. The summed E-state index contributed by atoms with van der Waals surface area (Å²) >= 11 is 0. The molecule has 0 aliphatic heterocycles. The van der Waals surface area contributed by atoms with Crippen LogP contribution in [0.1, 0.15) is 27.4 Å². The Labute approximate surface area is 162 Å². The number of amides is 2. The predicted molar refractivity (Wildman–Crippen MR) is 99.8 cm³/mol. The summed E-state index contributed by atoms with van der Waals surface area (Å²) in [7, 11) is -3.81. The molecule has 2 N–H and O–H groups in total. The lowest BCUT2D eigenvalue weighted by atomic mass is 10.2. The van der Waals surface area contributed by atoms with Gasteiger partial charge in [-0.3, -0.25) is 9.59 Å². The Morgan fingerprint density at radius 2 is 1.93 bits per heavy atom. The molecule has 28 heavy (non-hydrogen) atoms. The molecule has 0 bridgehead atoms. The van der Waals surface area contributed by atoms with Gasteiger partial charge in [0.1, 0.15) is 18.3 Å². The number of hydrogen-bond donors (Lipinski definition) is 2. The molecular formula is C18H20N4O5S. The van der Waals surface area contributed by atoms with E-state index < -0.39 is 33.4 Å². The summed E-state index contributed by atoms with van der Waals surface area (Å²) in [6.07, 6.45) is 0. The van der Waals surface area contributed by atoms with Crippen molar-refractivity contribution < 1.29 is 22.5 Å². The van der Waals surface area contributed by atoms with E-state index in [9.17, 15) is 18.0 Å². The fourth-order valence-electron chi connectivity index (χ4n) is 2.50. The highest BCUT2D eigenvalue weighted by atomic mass is 32.2. The van der Waals surface area contributed by atoms with E-state index >= 15 is 0 Å². The van der Waals surface area contributed by atoms with Gasteiger partial charge < -0.3 is 15.2 Å². The highest BCUT2D eigenvalue weighted by Gasteiger charge is 2.29. The van der Waals surface area contributed by atoms with Gasteiger partial charge in [0.2, 0.25) is 5.91 Å². The number of aryl methyl sites for hydroxylation is 2. The first kappa shape index (κ1) is 21.1. The number of hydrogen-bond acceptors (Lipinski definition) is 7. The zero-order chi connectivity index (χ0) is 20.7. The van der Waals surface area contributed by atoms with E-state index in [4.69, 9.17) is 9.78 Å². The molecule has 9 nitrogen and oxygen atoms in total. The number of nitrogens with zero attached hydrogens (tertiary/aromatic N) is 2. The summed E-state index contributed by atoms with van der Waals surface area (Å²) in [5.74, 6) is -1.98. The van der Waals surface area contributed by atoms with Gasteiger partial charge in [-0.05, 0) is 26.0 Å². The monoisotopic (exact) mass is 404 g/mol. The minimum atomic E-state index is -3.81. The fraction of sp³-hybridized carbons (Fsp3) is 0.333. The van der Waals surface area contributed by atoms with E-state index in [2.05, 4.69) is 15.8 Å². The van der Waals surface area contributed by atoms with Gasteiger partial charge in [0, 0.05) is 11.1 Å². The smallest absolute Gasteiger partial charge is 0.251 e. The topological polar surface area (TPSA) is 142 Å². The third-order valence-electron chi connectivity index (χ3n) is 3.97. The zero-order valence-electron chi connectivity index (χ0n) is 15.4. The van der Waals surface area contributed by atoms with Crippen molar-refractivity contribution in [1.29, 1.82) is 5.26 Å². The molecule has 0 saturated carbocycles. The van der Waals surface area contributed by atoms with E-state index in [1.54, 1.807) is 38.1 Å². The summed E-state index contributed by atoms with van der Waals surface area (Å²) in [5, 5.41) is 17.1. The second-order valence-electron chi connectivity index (χ2n) is 6.13. The molecule has 148 valence electrons. The number of carbonyl (C=O) groups excluding carboxylic acids is 2. The molecule has 0 saturated heterocycles. The van der Waals surface area contributed by atoms with E-state index in [-0.39, 0.29) is 17.9 Å². The quantitative estimate of drug-likeness (QED) is 0.615. The van der Waals surface area contributed by atoms with Crippen LogP contribution < -0.4 is 10.6 Å². The SMILES string of the molecule is Cc1noc(C)c1CS(=O)(=O)CC(NC(=O)c1ccccc1)C(=O)NCC#N. The van der Waals surface area contributed by atoms with Crippen LogP contribution in [0, 0.1) is 25.2 Å². The van der Waals surface area contributed by atoms with Crippen LogP contribution in [0.5, 0.6) is 0 Å². The minimum absolute atomic E-state index is 0.281. The van der Waals surface area contributed by atoms with Crippen molar-refractivity contribution in [2.24, 2.45) is 0 Å². The Hall–Kier alpha value is -3.19. The molecule has 2 aromatic rings. The molecule has 0 aliphatic carbocycles. The van der Waals surface area contributed by atoms with Gasteiger partial charge in [0.05, 0.1) is 23.3 Å². The molecule has 1 aromatic carbocycles. The Balaban J connectivity index is 2.20. The van der Waals surface area contributed by atoms with E-state index in [1.165, 1.54) is 12.1 Å². The summed E-state index contributed by atoms with van der Waals surface area (Å²) in [6, 6.07) is 8.48. The first-order chi connectivity index (χ1) is 13.2. The maximum absolute atomic E-state index is 12.6. The molecule has 1 unspecified atom stereocenters. The first-order valence-electron chi connectivity index (χ1n) is 8.36. The third-order valence-corrected chi connectivity index (χ3v) is 5.54. The number of aromatic nitrogens is 1. The molecule has 2 rings (SSSR count). The summed E-state index contributed by atoms with van der Waals surface area (Å²) < 4.78 is 30.3. The number of carbonyl (C=O) groups is 2. The van der Waals surface area contributed by atoms with E-state index in [1.807, 2.05) is 0 Å². The maximum Gasteiger partial charge on any atom is 0.251 e. The average Bonchev–Trinajstić information content (AvgIpc) is 2.97. The number of nitrogens with one attached hydrogen (secondary N) is 2. The van der Waals surface area contributed by atoms with Crippen LogP contribution in [-0.4, -0.2) is 43.7 Å². The number of benzene rings is 1. The van der Waals surface area contributed by atoms with Crippen molar-refractivity contribution in [2.75, 3.05) is 12.3 Å². The van der Waals surface area contributed by atoms with Crippen molar-refractivity contribution in [3.63, 3.8) is 0 Å². The molecule has 10 heteroatoms. The molecular weight excluding hydrogens is 384 g/mol. The van der Waals surface area contributed by atoms with Gasteiger partial charge in [0.15, 0.2) is 9.84 Å². The Morgan fingerprint density at radius 3 is 2.50 bits per heavy atom. The van der Waals surface area contributed by atoms with Crippen LogP contribution in [0.15, 0.2) is 34.9 Å². The standard InChI is InChI=1S/C18H20N4O5S/c1-12-15(13(2)27-22-12)10-28(25,26)11-16(18(24)20-9-8-19)21-17(23)14-6-4-3-5-7-14/h3-7,16H,9-11H2,1-2H3,(H,20,24)(H,21,23). The van der Waals surface area contributed by atoms with Crippen molar-refractivity contribution in [1.82, 2.24) is 15.8 Å². The van der Waals surface area contributed by atoms with Gasteiger partial charge in [-0.15, -0.1) is 0 Å². The normalized spacial score (nSPS) is 12.0. The highest BCUT2D eigenvalue weighted by molar-refractivity contribution is 7.90. The molecule has 0 radical (unpaired) electrons. The lowest BCUT2D eigenvalue weighted by molar-refractivity contribution is -0.122. The molecule has 2 amide bonds. The fourth-order valence-corrected chi connectivity index (χ4v) is 4.22. The molecule has 0 spiro atoms. The molecule has 0 aliphatic rings. The van der Waals surface area contributed by atoms with E-state index in [0.29, 0.717) is 17.0 Å². The highest BCUT2D eigenvalue weighted by Crippen LogP contribution is 2.16. The Morgan fingerprint density at radius 1 is 1.25 bits per heavy atom. The molecule has 1 aromatic heterocycles. The Kier molecular flexibility index (Phi) is 6.89. The summed E-state index contributed by atoms with van der Waals surface area (Å²) in [6.45, 7) is 2.91. The van der Waals surface area contributed by atoms with Gasteiger partial charge >= 0.3 is 0 Å². The number of sulfone groups is 1. The Bertz CT molecular complexity index is 973. The van der Waals surface area contributed by atoms with Crippen LogP contribution in [0.25, 0.3) is 0 Å². The second-order valence-corrected chi connectivity index (χ2v) is 8.23. The predicted octanol–water partition coefficient (Wildman–Crippen LogP) is 0.645. The molecule has 0 fully saturated rings. The largest absolute Gasteiger partial charge is 0.361 e. The zero-order valence-corrected chi connectivity index (χ0v) is 16.2.